The molecule has 2 fully saturated rings. The Bertz CT molecular complexity index is 240. The fourth-order valence-electron chi connectivity index (χ4n) is 2.27. The number of rotatable bonds is 5. The van der Waals surface area contributed by atoms with Gasteiger partial charge < -0.3 is 10.6 Å². The van der Waals surface area contributed by atoms with Gasteiger partial charge >= 0.3 is 0 Å². The molecule has 0 bridgehead atoms. The van der Waals surface area contributed by atoms with E-state index in [4.69, 9.17) is 0 Å². The molecular formula is C12H23N3O. The van der Waals surface area contributed by atoms with Crippen LogP contribution in [-0.4, -0.2) is 50.1 Å². The van der Waals surface area contributed by atoms with E-state index in [1.807, 2.05) is 7.05 Å². The smallest absolute Gasteiger partial charge is 0.234 e. The van der Waals surface area contributed by atoms with E-state index in [0.29, 0.717) is 12.6 Å². The highest BCUT2D eigenvalue weighted by Crippen LogP contribution is 2.27. The number of piperidine rings is 1. The largest absolute Gasteiger partial charge is 0.355 e. The first-order valence-electron chi connectivity index (χ1n) is 6.44. The lowest BCUT2D eigenvalue weighted by Crippen LogP contribution is -2.48. The van der Waals surface area contributed by atoms with Gasteiger partial charge in [-0.25, -0.2) is 0 Å². The van der Waals surface area contributed by atoms with Crippen molar-refractivity contribution < 1.29 is 4.79 Å². The Morgan fingerprint density at radius 1 is 1.38 bits per heavy atom. The summed E-state index contributed by atoms with van der Waals surface area (Å²) in [6.45, 7) is 3.54. The third-order valence-electron chi connectivity index (χ3n) is 3.57. The molecule has 0 aromatic rings. The number of carbonyl (C=O) groups excluding carboxylic acids is 1. The van der Waals surface area contributed by atoms with E-state index in [-0.39, 0.29) is 5.91 Å². The van der Waals surface area contributed by atoms with E-state index in [9.17, 15) is 4.79 Å². The van der Waals surface area contributed by atoms with Crippen molar-refractivity contribution in [2.45, 2.75) is 31.7 Å². The summed E-state index contributed by atoms with van der Waals surface area (Å²) in [5.41, 5.74) is 0. The molecular weight excluding hydrogens is 202 g/mol. The van der Waals surface area contributed by atoms with Crippen LogP contribution in [0.5, 0.6) is 0 Å². The predicted molar refractivity (Wildman–Crippen MR) is 64.3 cm³/mol. The molecule has 1 unspecified atom stereocenters. The van der Waals surface area contributed by atoms with Crippen molar-refractivity contribution in [2.24, 2.45) is 5.92 Å². The molecule has 0 aromatic heterocycles. The Morgan fingerprint density at radius 2 is 2.19 bits per heavy atom. The van der Waals surface area contributed by atoms with Crippen LogP contribution in [0, 0.1) is 5.92 Å². The van der Waals surface area contributed by atoms with E-state index in [1.54, 1.807) is 0 Å². The van der Waals surface area contributed by atoms with Crippen LogP contribution in [0.2, 0.25) is 0 Å². The molecule has 1 heterocycles. The van der Waals surface area contributed by atoms with Crippen molar-refractivity contribution in [1.29, 1.82) is 0 Å². The summed E-state index contributed by atoms with van der Waals surface area (Å²) in [6, 6.07) is 0.560. The van der Waals surface area contributed by atoms with Crippen molar-refractivity contribution in [1.82, 2.24) is 15.5 Å². The summed E-state index contributed by atoms with van der Waals surface area (Å²) < 4.78 is 0. The highest BCUT2D eigenvalue weighted by Gasteiger charge is 2.23. The van der Waals surface area contributed by atoms with Gasteiger partial charge in [0.15, 0.2) is 0 Å². The van der Waals surface area contributed by atoms with Gasteiger partial charge in [-0.2, -0.15) is 0 Å². The number of likely N-dealkylation sites (tertiary alicyclic amines) is 1. The molecule has 4 heteroatoms. The van der Waals surface area contributed by atoms with Gasteiger partial charge in [0.1, 0.15) is 0 Å². The van der Waals surface area contributed by atoms with E-state index >= 15 is 0 Å². The molecule has 4 nitrogen and oxygen atoms in total. The fraction of sp³-hybridized carbons (Fsp3) is 0.917. The minimum atomic E-state index is 0.198. The van der Waals surface area contributed by atoms with Gasteiger partial charge in [0, 0.05) is 19.1 Å². The highest BCUT2D eigenvalue weighted by molar-refractivity contribution is 5.78. The first-order valence-corrected chi connectivity index (χ1v) is 6.44. The van der Waals surface area contributed by atoms with E-state index in [2.05, 4.69) is 15.5 Å². The van der Waals surface area contributed by atoms with Gasteiger partial charge in [0.05, 0.1) is 6.54 Å². The Labute approximate surface area is 97.8 Å². The molecule has 0 spiro atoms. The second-order valence-electron chi connectivity index (χ2n) is 5.11. The number of amides is 1. The maximum atomic E-state index is 11.7. The van der Waals surface area contributed by atoms with Gasteiger partial charge in [0.2, 0.25) is 5.91 Å². The maximum Gasteiger partial charge on any atom is 0.234 e. The standard InChI is InChI=1S/C12H23N3O/c1-13-11-3-2-6-15(8-11)9-12(16)14-7-10-4-5-10/h10-11,13H,2-9H2,1H3,(H,14,16). The van der Waals surface area contributed by atoms with Gasteiger partial charge in [-0.3, -0.25) is 9.69 Å². The van der Waals surface area contributed by atoms with Crippen LogP contribution in [0.25, 0.3) is 0 Å². The third-order valence-corrected chi connectivity index (χ3v) is 3.57. The first-order chi connectivity index (χ1) is 7.78. The zero-order chi connectivity index (χ0) is 11.4. The van der Waals surface area contributed by atoms with Crippen LogP contribution in [0.3, 0.4) is 0 Å². The average molecular weight is 225 g/mol. The van der Waals surface area contributed by atoms with Crippen molar-refractivity contribution in [3.8, 4) is 0 Å². The highest BCUT2D eigenvalue weighted by atomic mass is 16.2. The van der Waals surface area contributed by atoms with Gasteiger partial charge in [-0.1, -0.05) is 0 Å². The Hall–Kier alpha value is -0.610. The summed E-state index contributed by atoms with van der Waals surface area (Å²) in [4.78, 5) is 13.9. The molecule has 92 valence electrons. The summed E-state index contributed by atoms with van der Waals surface area (Å²) in [5.74, 6) is 0.971. The molecule has 0 aromatic carbocycles. The summed E-state index contributed by atoms with van der Waals surface area (Å²) in [5, 5.41) is 6.32. The fourth-order valence-corrected chi connectivity index (χ4v) is 2.27. The summed E-state index contributed by atoms with van der Waals surface area (Å²) in [6.07, 6.45) is 5.02. The monoisotopic (exact) mass is 225 g/mol. The van der Waals surface area contributed by atoms with Crippen LogP contribution in [0.4, 0.5) is 0 Å². The zero-order valence-corrected chi connectivity index (χ0v) is 10.2. The van der Waals surface area contributed by atoms with E-state index in [0.717, 1.165) is 25.6 Å². The van der Waals surface area contributed by atoms with Gasteiger partial charge in [-0.05, 0) is 45.2 Å². The third kappa shape index (κ3) is 3.76. The number of nitrogens with zero attached hydrogens (tertiary/aromatic N) is 1. The number of likely N-dealkylation sites (N-methyl/N-ethyl adjacent to an activating group) is 1. The van der Waals surface area contributed by atoms with Gasteiger partial charge in [0.25, 0.3) is 0 Å². The SMILES string of the molecule is CNC1CCCN(CC(=O)NCC2CC2)C1. The second kappa shape index (κ2) is 5.64. The summed E-state index contributed by atoms with van der Waals surface area (Å²) in [7, 11) is 2.00. The van der Waals surface area contributed by atoms with E-state index in [1.165, 1.54) is 25.7 Å². The molecule has 2 N–H and O–H groups in total. The molecule has 2 aliphatic rings. The Kier molecular flexibility index (Phi) is 4.18. The minimum absolute atomic E-state index is 0.198. The lowest BCUT2D eigenvalue weighted by molar-refractivity contribution is -0.122. The normalized spacial score (nSPS) is 26.7. The second-order valence-corrected chi connectivity index (χ2v) is 5.11. The molecule has 1 saturated heterocycles. The lowest BCUT2D eigenvalue weighted by Gasteiger charge is -2.31. The first kappa shape index (κ1) is 11.9. The summed E-state index contributed by atoms with van der Waals surface area (Å²) >= 11 is 0. The van der Waals surface area contributed by atoms with Crippen LogP contribution < -0.4 is 10.6 Å². The predicted octanol–water partition coefficient (Wildman–Crippen LogP) is 0.196. The average Bonchev–Trinajstić information content (AvgIpc) is 3.10. The topological polar surface area (TPSA) is 44.4 Å². The zero-order valence-electron chi connectivity index (χ0n) is 10.2. The van der Waals surface area contributed by atoms with Crippen LogP contribution >= 0.6 is 0 Å². The van der Waals surface area contributed by atoms with Crippen LogP contribution in [0.15, 0.2) is 0 Å². The van der Waals surface area contributed by atoms with Crippen molar-refractivity contribution in [3.63, 3.8) is 0 Å². The van der Waals surface area contributed by atoms with Crippen LogP contribution in [0.1, 0.15) is 25.7 Å². The molecule has 1 aliphatic heterocycles. The Balaban J connectivity index is 1.64. The number of hydrogen-bond acceptors (Lipinski definition) is 3. The number of carbonyl (C=O) groups is 1. The molecule has 1 atom stereocenters. The molecule has 2 rings (SSSR count). The molecule has 1 amide bonds. The molecule has 16 heavy (non-hydrogen) atoms. The minimum Gasteiger partial charge on any atom is -0.355 e. The lowest BCUT2D eigenvalue weighted by atomic mass is 10.1. The maximum absolute atomic E-state index is 11.7. The Morgan fingerprint density at radius 3 is 2.88 bits per heavy atom. The number of nitrogens with one attached hydrogen (secondary N) is 2. The van der Waals surface area contributed by atoms with Crippen molar-refractivity contribution in [2.75, 3.05) is 33.2 Å². The van der Waals surface area contributed by atoms with Crippen molar-refractivity contribution >= 4 is 5.91 Å². The molecule has 1 aliphatic carbocycles. The molecule has 1 saturated carbocycles. The van der Waals surface area contributed by atoms with Gasteiger partial charge in [-0.15, -0.1) is 0 Å². The van der Waals surface area contributed by atoms with Crippen LogP contribution in [-0.2, 0) is 4.79 Å². The quantitative estimate of drug-likeness (QED) is 0.702. The molecule has 0 radical (unpaired) electrons. The van der Waals surface area contributed by atoms with E-state index < -0.39 is 0 Å². The number of hydrogen-bond donors (Lipinski definition) is 2. The van der Waals surface area contributed by atoms with Crippen molar-refractivity contribution in [3.05, 3.63) is 0 Å².